The Morgan fingerprint density at radius 2 is 1.62 bits per heavy atom. The summed E-state index contributed by atoms with van der Waals surface area (Å²) >= 11 is 0. The zero-order valence-corrected chi connectivity index (χ0v) is 16.1. The van der Waals surface area contributed by atoms with Crippen LogP contribution in [-0.4, -0.2) is 35.0 Å². The van der Waals surface area contributed by atoms with E-state index in [9.17, 15) is 14.4 Å². The van der Waals surface area contributed by atoms with Crippen LogP contribution in [0.1, 0.15) is 46.0 Å². The predicted octanol–water partition coefficient (Wildman–Crippen LogP) is 2.67. The summed E-state index contributed by atoms with van der Waals surface area (Å²) in [6.07, 6.45) is 1.55. The highest BCUT2D eigenvalue weighted by Gasteiger charge is 2.45. The van der Waals surface area contributed by atoms with E-state index in [1.165, 1.54) is 5.56 Å². The average Bonchev–Trinajstić information content (AvgIpc) is 2.96. The van der Waals surface area contributed by atoms with Gasteiger partial charge in [-0.15, -0.1) is 0 Å². The standard InChI is InChI=1S/C22H22N4O3/c1-22(15-7-3-2-4-8-15)11-14(12-22)18(24-21(29)25-23)13-26-19(27)16-9-5-6-10-17(16)20(26)28/h2-10,14H,11-13,23H2,1H3,(H,25,29)/b24-18-. The Balaban J connectivity index is 1.56. The molecular weight excluding hydrogens is 368 g/mol. The second-order valence-corrected chi connectivity index (χ2v) is 7.83. The van der Waals surface area contributed by atoms with Crippen LogP contribution in [0.25, 0.3) is 0 Å². The first-order valence-electron chi connectivity index (χ1n) is 9.52. The van der Waals surface area contributed by atoms with Crippen molar-refractivity contribution in [1.29, 1.82) is 0 Å². The molecule has 0 saturated heterocycles. The van der Waals surface area contributed by atoms with E-state index in [1.54, 1.807) is 24.3 Å². The number of urea groups is 1. The molecule has 7 heteroatoms. The van der Waals surface area contributed by atoms with E-state index in [2.05, 4.69) is 24.0 Å². The minimum absolute atomic E-state index is 0.0122. The summed E-state index contributed by atoms with van der Waals surface area (Å²) in [5, 5.41) is 0. The van der Waals surface area contributed by atoms with Gasteiger partial charge in [0.25, 0.3) is 11.8 Å². The second kappa shape index (κ2) is 7.25. The van der Waals surface area contributed by atoms with Crippen molar-refractivity contribution in [3.8, 4) is 0 Å². The SMILES string of the molecule is CC1(c2ccccc2)CC(/C(CN2C(=O)c3ccccc3C2=O)=N\C(=O)NN)C1. The van der Waals surface area contributed by atoms with E-state index in [0.717, 1.165) is 17.7 Å². The van der Waals surface area contributed by atoms with Crippen molar-refractivity contribution in [3.05, 3.63) is 71.3 Å². The highest BCUT2D eigenvalue weighted by atomic mass is 16.2. The lowest BCUT2D eigenvalue weighted by molar-refractivity contribution is 0.0673. The Bertz CT molecular complexity index is 975. The van der Waals surface area contributed by atoms with Crippen molar-refractivity contribution in [2.75, 3.05) is 6.54 Å². The maximum atomic E-state index is 12.7. The molecule has 2 aliphatic rings. The smallest absolute Gasteiger partial charge is 0.274 e. The first-order chi connectivity index (χ1) is 13.9. The highest BCUT2D eigenvalue weighted by Crippen LogP contribution is 2.48. The Hall–Kier alpha value is -3.32. The van der Waals surface area contributed by atoms with E-state index >= 15 is 0 Å². The van der Waals surface area contributed by atoms with Gasteiger partial charge >= 0.3 is 6.03 Å². The molecule has 3 N–H and O–H groups in total. The van der Waals surface area contributed by atoms with E-state index in [1.807, 2.05) is 23.6 Å². The van der Waals surface area contributed by atoms with Crippen LogP contribution in [0.4, 0.5) is 4.79 Å². The third kappa shape index (κ3) is 3.34. The number of nitrogens with one attached hydrogen (secondary N) is 1. The van der Waals surface area contributed by atoms with E-state index in [-0.39, 0.29) is 29.7 Å². The number of rotatable bonds is 4. The zero-order chi connectivity index (χ0) is 20.6. The van der Waals surface area contributed by atoms with Crippen molar-refractivity contribution >= 4 is 23.6 Å². The summed E-state index contributed by atoms with van der Waals surface area (Å²) in [6, 6.07) is 16.2. The third-order valence-electron chi connectivity index (χ3n) is 5.90. The normalized spacial score (nSPS) is 23.6. The Labute approximate surface area is 168 Å². The number of nitrogens with two attached hydrogens (primary N) is 1. The van der Waals surface area contributed by atoms with E-state index < -0.39 is 6.03 Å². The zero-order valence-electron chi connectivity index (χ0n) is 16.1. The predicted molar refractivity (Wildman–Crippen MR) is 108 cm³/mol. The van der Waals surface area contributed by atoms with Gasteiger partial charge in [-0.25, -0.2) is 10.6 Å². The molecule has 148 valence electrons. The van der Waals surface area contributed by atoms with Crippen LogP contribution in [0.15, 0.2) is 59.6 Å². The van der Waals surface area contributed by atoms with Crippen LogP contribution in [0.3, 0.4) is 0 Å². The molecule has 0 spiro atoms. The quantitative estimate of drug-likeness (QED) is 0.275. The van der Waals surface area contributed by atoms with Gasteiger partial charge in [0.2, 0.25) is 0 Å². The van der Waals surface area contributed by atoms with Crippen molar-refractivity contribution < 1.29 is 14.4 Å². The molecule has 4 amide bonds. The van der Waals surface area contributed by atoms with Crippen LogP contribution >= 0.6 is 0 Å². The first kappa shape index (κ1) is 19.0. The molecular formula is C22H22N4O3. The van der Waals surface area contributed by atoms with Gasteiger partial charge in [0.1, 0.15) is 0 Å². The van der Waals surface area contributed by atoms with Crippen molar-refractivity contribution in [3.63, 3.8) is 0 Å². The van der Waals surface area contributed by atoms with Crippen LogP contribution in [0.2, 0.25) is 0 Å². The second-order valence-electron chi connectivity index (χ2n) is 7.83. The third-order valence-corrected chi connectivity index (χ3v) is 5.90. The number of hydrogen-bond donors (Lipinski definition) is 2. The van der Waals surface area contributed by atoms with Crippen molar-refractivity contribution in [2.24, 2.45) is 16.8 Å². The molecule has 1 aliphatic heterocycles. The molecule has 2 aromatic carbocycles. The highest BCUT2D eigenvalue weighted by molar-refractivity contribution is 6.22. The summed E-state index contributed by atoms with van der Waals surface area (Å²) in [4.78, 5) is 42.5. The number of hydrogen-bond acceptors (Lipinski definition) is 4. The Morgan fingerprint density at radius 1 is 1.07 bits per heavy atom. The average molecular weight is 390 g/mol. The summed E-state index contributed by atoms with van der Waals surface area (Å²) < 4.78 is 0. The summed E-state index contributed by atoms with van der Waals surface area (Å²) in [6.45, 7) is 2.15. The molecule has 4 rings (SSSR count). The molecule has 0 atom stereocenters. The number of amides is 4. The Morgan fingerprint density at radius 3 is 2.17 bits per heavy atom. The number of carbonyl (C=O) groups is 3. The monoisotopic (exact) mass is 390 g/mol. The lowest BCUT2D eigenvalue weighted by atomic mass is 9.58. The fourth-order valence-electron chi connectivity index (χ4n) is 4.30. The number of aliphatic imine (C=N–C) groups is 1. The molecule has 0 radical (unpaired) electrons. The van der Waals surface area contributed by atoms with Gasteiger partial charge in [-0.3, -0.25) is 19.9 Å². The number of imide groups is 1. The van der Waals surface area contributed by atoms with Crippen LogP contribution < -0.4 is 11.3 Å². The number of carbonyl (C=O) groups excluding carboxylic acids is 3. The van der Waals surface area contributed by atoms with Crippen LogP contribution in [-0.2, 0) is 5.41 Å². The summed E-state index contributed by atoms with van der Waals surface area (Å²) in [5.74, 6) is 4.46. The molecule has 1 saturated carbocycles. The molecule has 2 aromatic rings. The molecule has 1 aliphatic carbocycles. The fourth-order valence-corrected chi connectivity index (χ4v) is 4.30. The number of fused-ring (bicyclic) bond motifs is 1. The summed E-state index contributed by atoms with van der Waals surface area (Å²) in [7, 11) is 0. The fraction of sp³-hybridized carbons (Fsp3) is 0.273. The minimum atomic E-state index is -0.690. The van der Waals surface area contributed by atoms with E-state index in [4.69, 9.17) is 5.84 Å². The number of hydrazine groups is 1. The minimum Gasteiger partial charge on any atom is -0.274 e. The van der Waals surface area contributed by atoms with Gasteiger partial charge in [-0.05, 0) is 36.0 Å². The topological polar surface area (TPSA) is 105 Å². The van der Waals surface area contributed by atoms with Crippen molar-refractivity contribution in [1.82, 2.24) is 10.3 Å². The van der Waals surface area contributed by atoms with E-state index in [0.29, 0.717) is 16.8 Å². The van der Waals surface area contributed by atoms with Crippen LogP contribution in [0, 0.1) is 5.92 Å². The van der Waals surface area contributed by atoms with Gasteiger partial charge in [-0.1, -0.05) is 49.4 Å². The maximum absolute atomic E-state index is 12.7. The largest absolute Gasteiger partial charge is 0.355 e. The van der Waals surface area contributed by atoms with Crippen LogP contribution in [0.5, 0.6) is 0 Å². The molecule has 0 aromatic heterocycles. The molecule has 7 nitrogen and oxygen atoms in total. The maximum Gasteiger partial charge on any atom is 0.355 e. The van der Waals surface area contributed by atoms with Gasteiger partial charge in [0.05, 0.1) is 17.7 Å². The van der Waals surface area contributed by atoms with Crippen molar-refractivity contribution in [2.45, 2.75) is 25.2 Å². The van der Waals surface area contributed by atoms with Gasteiger partial charge in [-0.2, -0.15) is 4.99 Å². The molecule has 29 heavy (non-hydrogen) atoms. The molecule has 0 unspecified atom stereocenters. The lowest BCUT2D eigenvalue weighted by Crippen LogP contribution is -2.47. The number of nitrogens with zero attached hydrogens (tertiary/aromatic N) is 2. The summed E-state index contributed by atoms with van der Waals surface area (Å²) in [5.41, 5.74) is 4.44. The van der Waals surface area contributed by atoms with Gasteiger partial charge < -0.3 is 0 Å². The lowest BCUT2D eigenvalue weighted by Gasteiger charge is -2.46. The van der Waals surface area contributed by atoms with Gasteiger partial charge in [0, 0.05) is 11.6 Å². The molecule has 0 bridgehead atoms. The number of benzene rings is 2. The first-order valence-corrected chi connectivity index (χ1v) is 9.52. The molecule has 1 heterocycles. The van der Waals surface area contributed by atoms with Gasteiger partial charge in [0.15, 0.2) is 0 Å². The Kier molecular flexibility index (Phi) is 4.76. The molecule has 1 fully saturated rings.